The molecule has 2 fully saturated rings. The number of amides is 2. The summed E-state index contributed by atoms with van der Waals surface area (Å²) in [5, 5.41) is 24.7. The third kappa shape index (κ3) is 9.55. The normalized spacial score (nSPS) is 21.6. The zero-order valence-electron chi connectivity index (χ0n) is 35.6. The summed E-state index contributed by atoms with van der Waals surface area (Å²) in [6, 6.07) is 6.87. The van der Waals surface area contributed by atoms with E-state index >= 15 is 0 Å². The van der Waals surface area contributed by atoms with E-state index in [9.17, 15) is 18.4 Å². The summed E-state index contributed by atoms with van der Waals surface area (Å²) < 4.78 is 26.6. The Labute approximate surface area is 393 Å². The molecule has 4 atom stereocenters. The van der Waals surface area contributed by atoms with Crippen molar-refractivity contribution in [1.82, 2.24) is 49.8 Å². The highest BCUT2D eigenvalue weighted by Gasteiger charge is 2.53. The molecule has 4 aliphatic rings. The third-order valence-corrected chi connectivity index (χ3v) is 13.4. The molecule has 2 saturated heterocycles. The maximum atomic E-state index is 13.3. The molecule has 10 rings (SSSR count). The fourth-order valence-electron chi connectivity index (χ4n) is 8.19. The van der Waals surface area contributed by atoms with Crippen LogP contribution in [0.4, 0.5) is 32.1 Å². The van der Waals surface area contributed by atoms with Gasteiger partial charge in [0.05, 0.1) is 98.7 Å². The van der Waals surface area contributed by atoms with E-state index in [0.717, 1.165) is 36.3 Å². The molecule has 6 aromatic heterocycles. The van der Waals surface area contributed by atoms with E-state index in [1.165, 1.54) is 48.3 Å². The second kappa shape index (κ2) is 19.4. The maximum absolute atomic E-state index is 13.3. The molecule has 10 heterocycles. The zero-order chi connectivity index (χ0) is 47.4. The molecular weight excluding hydrogens is 923 g/mol. The molecule has 348 valence electrons. The van der Waals surface area contributed by atoms with Gasteiger partial charge < -0.3 is 42.1 Å². The lowest BCUT2D eigenvalue weighted by atomic mass is 9.85. The van der Waals surface area contributed by atoms with E-state index in [-0.39, 0.29) is 36.4 Å². The summed E-state index contributed by atoms with van der Waals surface area (Å²) >= 11 is 2.94. The average Bonchev–Trinajstić information content (AvgIpc) is 3.95. The first-order chi connectivity index (χ1) is 32.9. The minimum atomic E-state index is -0.767. The van der Waals surface area contributed by atoms with Gasteiger partial charge in [0.1, 0.15) is 22.5 Å². The van der Waals surface area contributed by atoms with Gasteiger partial charge in [-0.05, 0) is 24.3 Å². The molecule has 2 amide bonds. The monoisotopic (exact) mass is 962 g/mol. The predicted molar refractivity (Wildman–Crippen MR) is 247 cm³/mol. The number of halogens is 2. The fourth-order valence-corrected chi connectivity index (χ4v) is 10.2. The second-order valence-electron chi connectivity index (χ2n) is 15.8. The molecule has 0 bridgehead atoms. The van der Waals surface area contributed by atoms with Crippen molar-refractivity contribution in [2.45, 2.75) is 24.3 Å². The van der Waals surface area contributed by atoms with E-state index in [4.69, 9.17) is 31.7 Å². The van der Waals surface area contributed by atoms with Crippen LogP contribution >= 0.6 is 23.5 Å². The lowest BCUT2D eigenvalue weighted by Crippen LogP contribution is -2.40. The van der Waals surface area contributed by atoms with E-state index in [0.29, 0.717) is 82.6 Å². The topological polar surface area (TPSA) is 311 Å². The Morgan fingerprint density at radius 2 is 1.03 bits per heavy atom. The van der Waals surface area contributed by atoms with Crippen molar-refractivity contribution in [1.29, 1.82) is 0 Å². The van der Waals surface area contributed by atoms with E-state index in [1.807, 2.05) is 9.80 Å². The largest absolute Gasteiger partial charge is 0.390 e. The van der Waals surface area contributed by atoms with Gasteiger partial charge >= 0.3 is 0 Å². The SMILES string of the molecule is NC1=N[C@@]2(c3cc(NC(=O)c4cnc(CO)cn4)ccn3)CN(c3ncc(F)cn3)C[C@H]2CS1.NC1=N[C@@]2(c3cc(NC(=O)c4cnc(CO)cn4)ccn3)CN(c3ncc(F)cn3)C[C@H]2CS1. The van der Waals surface area contributed by atoms with Crippen LogP contribution in [0.3, 0.4) is 0 Å². The van der Waals surface area contributed by atoms with Crippen LogP contribution in [-0.4, -0.2) is 120 Å². The van der Waals surface area contributed by atoms with Crippen molar-refractivity contribution in [2.24, 2.45) is 33.3 Å². The van der Waals surface area contributed by atoms with Gasteiger partial charge in [-0.15, -0.1) is 0 Å². The number of aliphatic hydroxyl groups is 2. The molecule has 22 nitrogen and oxygen atoms in total. The highest BCUT2D eigenvalue weighted by molar-refractivity contribution is 8.14. The van der Waals surface area contributed by atoms with Crippen molar-refractivity contribution >= 4 is 68.9 Å². The number of fused-ring (bicyclic) bond motifs is 2. The van der Waals surface area contributed by atoms with Gasteiger partial charge in [-0.2, -0.15) is 0 Å². The summed E-state index contributed by atoms with van der Waals surface area (Å²) in [7, 11) is 0. The van der Waals surface area contributed by atoms with Gasteiger partial charge in [-0.3, -0.25) is 29.5 Å². The van der Waals surface area contributed by atoms with Gasteiger partial charge in [0.2, 0.25) is 11.9 Å². The average molecular weight is 963 g/mol. The summed E-state index contributed by atoms with van der Waals surface area (Å²) in [6.45, 7) is 1.49. The van der Waals surface area contributed by atoms with Crippen LogP contribution < -0.4 is 31.9 Å². The van der Waals surface area contributed by atoms with Gasteiger partial charge in [0, 0.05) is 60.2 Å². The molecule has 0 aromatic carbocycles. The number of nitrogens with zero attached hydrogens (tertiary/aromatic N) is 14. The van der Waals surface area contributed by atoms with Crippen LogP contribution in [0.15, 0.2) is 96.2 Å². The number of hydrogen-bond acceptors (Lipinski definition) is 22. The van der Waals surface area contributed by atoms with Crippen molar-refractivity contribution < 1.29 is 28.6 Å². The second-order valence-corrected chi connectivity index (χ2v) is 17.9. The first-order valence-corrected chi connectivity index (χ1v) is 22.7. The minimum Gasteiger partial charge on any atom is -0.390 e. The minimum absolute atomic E-state index is 0.0498. The van der Waals surface area contributed by atoms with Crippen LogP contribution in [0.2, 0.25) is 0 Å². The van der Waals surface area contributed by atoms with Crippen molar-refractivity contribution in [3.63, 3.8) is 0 Å². The number of amidine groups is 2. The number of thioether (sulfide) groups is 2. The maximum Gasteiger partial charge on any atom is 0.275 e. The summed E-state index contributed by atoms with van der Waals surface area (Å²) in [5.41, 5.74) is 14.0. The van der Waals surface area contributed by atoms with Gasteiger partial charge in [-0.25, -0.2) is 48.7 Å². The molecule has 0 saturated carbocycles. The first-order valence-electron chi connectivity index (χ1n) is 20.7. The lowest BCUT2D eigenvalue weighted by molar-refractivity contribution is 0.101. The van der Waals surface area contributed by atoms with Crippen molar-refractivity contribution in [2.75, 3.05) is 58.1 Å². The number of hydrogen-bond donors (Lipinski definition) is 6. The molecule has 0 aliphatic carbocycles. The Morgan fingerprint density at radius 3 is 1.40 bits per heavy atom. The molecule has 0 radical (unpaired) electrons. The lowest BCUT2D eigenvalue weighted by Gasteiger charge is -2.33. The van der Waals surface area contributed by atoms with Crippen LogP contribution in [0.25, 0.3) is 0 Å². The number of nitrogens with two attached hydrogens (primary N) is 2. The standard InChI is InChI=1S/2C21H20FN9O2S/c2*22-13-4-27-20(28-5-13)31-8-12-10-34-19(23)30-21(12,11-31)17-3-14(1-2-24-17)29-18(33)16-7-25-15(9-32)6-26-16/h2*1-7,12,32H,8-11H2,(H2,23,30)(H,24,29,33)/t2*12-,21-/m00/s1. The van der Waals surface area contributed by atoms with E-state index < -0.39 is 34.5 Å². The van der Waals surface area contributed by atoms with Crippen molar-refractivity contribution in [3.05, 3.63) is 132 Å². The molecule has 26 heteroatoms. The predicted octanol–water partition coefficient (Wildman–Crippen LogP) is 1.88. The van der Waals surface area contributed by atoms with Crippen LogP contribution in [0, 0.1) is 23.5 Å². The Balaban J connectivity index is 0.000000170. The Kier molecular flexibility index (Phi) is 13.1. The summed E-state index contributed by atoms with van der Waals surface area (Å²) in [6.07, 6.45) is 13.0. The van der Waals surface area contributed by atoms with Crippen LogP contribution in [0.1, 0.15) is 43.8 Å². The Morgan fingerprint density at radius 1 is 0.618 bits per heavy atom. The van der Waals surface area contributed by atoms with E-state index in [1.54, 1.807) is 36.7 Å². The highest BCUT2D eigenvalue weighted by Crippen LogP contribution is 2.47. The number of aliphatic hydroxyl groups excluding tert-OH is 2. The van der Waals surface area contributed by atoms with Crippen LogP contribution in [0.5, 0.6) is 0 Å². The van der Waals surface area contributed by atoms with Crippen molar-refractivity contribution in [3.8, 4) is 0 Å². The quantitative estimate of drug-likeness (QED) is 0.114. The molecule has 0 spiro atoms. The number of aliphatic imine (C=N–C) groups is 2. The molecule has 0 unspecified atom stereocenters. The van der Waals surface area contributed by atoms with Gasteiger partial charge in [-0.1, -0.05) is 23.5 Å². The van der Waals surface area contributed by atoms with Gasteiger partial charge in [0.15, 0.2) is 22.0 Å². The summed E-state index contributed by atoms with van der Waals surface area (Å²) in [4.78, 5) is 80.4. The molecule has 4 aliphatic heterocycles. The highest BCUT2D eigenvalue weighted by atomic mass is 32.2. The van der Waals surface area contributed by atoms with E-state index in [2.05, 4.69) is 60.5 Å². The molecule has 6 aromatic rings. The number of anilines is 4. The number of rotatable bonds is 10. The fraction of sp³-hybridized carbons (Fsp3) is 0.286. The number of aromatic nitrogens is 10. The number of nitrogens with one attached hydrogen (secondary N) is 2. The number of pyridine rings is 2. The zero-order valence-corrected chi connectivity index (χ0v) is 37.2. The molecule has 68 heavy (non-hydrogen) atoms. The summed E-state index contributed by atoms with van der Waals surface area (Å²) in [5.74, 6) is 0.448. The Bertz CT molecular complexity index is 2680. The van der Waals surface area contributed by atoms with Gasteiger partial charge in [0.25, 0.3) is 11.8 Å². The number of carbonyl (C=O) groups excluding carboxylic acids is 2. The smallest absolute Gasteiger partial charge is 0.275 e. The number of carbonyl (C=O) groups is 2. The molecule has 8 N–H and O–H groups in total. The third-order valence-electron chi connectivity index (χ3n) is 11.5. The van der Waals surface area contributed by atoms with Crippen LogP contribution in [-0.2, 0) is 24.3 Å². The Hall–Kier alpha value is -7.42. The molecular formula is C42H40F2N18O4S2. The first kappa shape index (κ1) is 45.7.